The summed E-state index contributed by atoms with van der Waals surface area (Å²) in [5, 5.41) is 9.58. The molecule has 1 aliphatic rings. The monoisotopic (exact) mass is 283 g/mol. The van der Waals surface area contributed by atoms with Crippen molar-refractivity contribution in [3.63, 3.8) is 0 Å². The van der Waals surface area contributed by atoms with Crippen molar-refractivity contribution in [1.29, 1.82) is 0 Å². The van der Waals surface area contributed by atoms with Crippen LogP contribution in [0.4, 0.5) is 5.69 Å². The number of nitrogens with zero attached hydrogens (tertiary/aromatic N) is 1. The van der Waals surface area contributed by atoms with E-state index in [1.54, 1.807) is 4.90 Å². The largest absolute Gasteiger partial charge is 0.391 e. The number of hydrogen-bond donors (Lipinski definition) is 1. The molecule has 0 spiro atoms. The van der Waals surface area contributed by atoms with Crippen molar-refractivity contribution in [2.45, 2.75) is 25.9 Å². The van der Waals surface area contributed by atoms with Crippen LogP contribution in [0.5, 0.6) is 0 Å². The van der Waals surface area contributed by atoms with Gasteiger partial charge in [-0.25, -0.2) is 0 Å². The van der Waals surface area contributed by atoms with Crippen molar-refractivity contribution in [2.24, 2.45) is 0 Å². The van der Waals surface area contributed by atoms with E-state index in [9.17, 15) is 9.90 Å². The summed E-state index contributed by atoms with van der Waals surface area (Å²) in [6.45, 7) is 2.40. The second-order valence-corrected chi connectivity index (χ2v) is 4.98. The Hall–Kier alpha value is -0.870. The zero-order valence-corrected chi connectivity index (χ0v) is 10.7. The lowest BCUT2D eigenvalue weighted by Crippen LogP contribution is -2.42. The number of piperidine rings is 1. The molecular weight excluding hydrogens is 270 g/mol. The van der Waals surface area contributed by atoms with Gasteiger partial charge in [-0.1, -0.05) is 22.0 Å². The molecule has 1 unspecified atom stereocenters. The molecule has 2 rings (SSSR count). The van der Waals surface area contributed by atoms with Gasteiger partial charge >= 0.3 is 0 Å². The lowest BCUT2D eigenvalue weighted by Gasteiger charge is -2.30. The predicted molar refractivity (Wildman–Crippen MR) is 66.5 cm³/mol. The van der Waals surface area contributed by atoms with Gasteiger partial charge in [0, 0.05) is 16.6 Å². The van der Waals surface area contributed by atoms with E-state index in [-0.39, 0.29) is 5.91 Å². The molecule has 4 heteroatoms. The fraction of sp³-hybridized carbons (Fsp3) is 0.417. The van der Waals surface area contributed by atoms with Crippen LogP contribution in [0.25, 0.3) is 0 Å². The van der Waals surface area contributed by atoms with Gasteiger partial charge in [0.1, 0.15) is 0 Å². The van der Waals surface area contributed by atoms with Gasteiger partial charge in [-0.15, -0.1) is 0 Å². The van der Waals surface area contributed by atoms with Crippen LogP contribution in [0.15, 0.2) is 22.7 Å². The number of aliphatic hydroxyl groups is 1. The van der Waals surface area contributed by atoms with Crippen LogP contribution in [0, 0.1) is 6.92 Å². The highest BCUT2D eigenvalue weighted by atomic mass is 79.9. The van der Waals surface area contributed by atoms with Gasteiger partial charge in [0.05, 0.1) is 12.6 Å². The number of halogens is 1. The SMILES string of the molecule is Cc1ccc(N2CC(O)CCC2=O)cc1Br. The van der Waals surface area contributed by atoms with Gasteiger partial charge in [0.25, 0.3) is 0 Å². The van der Waals surface area contributed by atoms with Crippen LogP contribution in [0.2, 0.25) is 0 Å². The van der Waals surface area contributed by atoms with E-state index in [0.29, 0.717) is 19.4 Å². The second kappa shape index (κ2) is 4.55. The number of aliphatic hydroxyl groups excluding tert-OH is 1. The molecule has 1 aromatic rings. The molecule has 1 heterocycles. The maximum absolute atomic E-state index is 11.7. The molecule has 1 saturated heterocycles. The molecular formula is C12H14BrNO2. The predicted octanol–water partition coefficient (Wildman–Crippen LogP) is 2.25. The van der Waals surface area contributed by atoms with Crippen molar-refractivity contribution in [1.82, 2.24) is 0 Å². The van der Waals surface area contributed by atoms with Gasteiger partial charge in [-0.3, -0.25) is 4.79 Å². The Balaban J connectivity index is 2.28. The Morgan fingerprint density at radius 3 is 2.94 bits per heavy atom. The molecule has 1 aromatic carbocycles. The third kappa shape index (κ3) is 2.28. The Morgan fingerprint density at radius 2 is 2.25 bits per heavy atom. The molecule has 86 valence electrons. The molecule has 1 aliphatic heterocycles. The van der Waals surface area contributed by atoms with Gasteiger partial charge in [0.15, 0.2) is 0 Å². The van der Waals surface area contributed by atoms with E-state index in [1.165, 1.54) is 0 Å². The number of amides is 1. The summed E-state index contributed by atoms with van der Waals surface area (Å²) in [6.07, 6.45) is 0.590. The highest BCUT2D eigenvalue weighted by Crippen LogP contribution is 2.26. The number of anilines is 1. The first-order chi connectivity index (χ1) is 7.58. The Morgan fingerprint density at radius 1 is 1.50 bits per heavy atom. The molecule has 1 atom stereocenters. The number of aryl methyl sites for hydroxylation is 1. The van der Waals surface area contributed by atoms with Gasteiger partial charge in [0.2, 0.25) is 5.91 Å². The normalized spacial score (nSPS) is 21.3. The molecule has 1 N–H and O–H groups in total. The van der Waals surface area contributed by atoms with E-state index < -0.39 is 6.10 Å². The number of hydrogen-bond acceptors (Lipinski definition) is 2. The number of benzene rings is 1. The van der Waals surface area contributed by atoms with Gasteiger partial charge in [-0.05, 0) is 31.0 Å². The summed E-state index contributed by atoms with van der Waals surface area (Å²) in [4.78, 5) is 13.4. The molecule has 3 nitrogen and oxygen atoms in total. The first-order valence-corrected chi connectivity index (χ1v) is 6.12. The summed E-state index contributed by atoms with van der Waals surface area (Å²) in [5.41, 5.74) is 1.98. The van der Waals surface area contributed by atoms with Crippen LogP contribution in [0.1, 0.15) is 18.4 Å². The lowest BCUT2D eigenvalue weighted by molar-refractivity contribution is -0.121. The molecule has 0 bridgehead atoms. The number of rotatable bonds is 1. The van der Waals surface area contributed by atoms with Crippen LogP contribution < -0.4 is 4.90 Å². The standard InChI is InChI=1S/C12H14BrNO2/c1-8-2-3-9(6-11(8)13)14-7-10(15)4-5-12(14)16/h2-3,6,10,15H,4-5,7H2,1H3. The molecule has 0 aromatic heterocycles. The third-order valence-electron chi connectivity index (χ3n) is 2.85. The second-order valence-electron chi connectivity index (χ2n) is 4.13. The summed E-state index contributed by atoms with van der Waals surface area (Å²) < 4.78 is 0.984. The number of β-amino-alcohol motifs (C(OH)–C–C–N with tert-alkyl or cyclic N) is 1. The summed E-state index contributed by atoms with van der Waals surface area (Å²) in [6, 6.07) is 5.80. The smallest absolute Gasteiger partial charge is 0.227 e. The van der Waals surface area contributed by atoms with Crippen molar-refractivity contribution in [3.8, 4) is 0 Å². The Bertz CT molecular complexity index is 419. The van der Waals surface area contributed by atoms with Crippen LogP contribution in [0.3, 0.4) is 0 Å². The van der Waals surface area contributed by atoms with Crippen molar-refractivity contribution in [3.05, 3.63) is 28.2 Å². The first kappa shape index (κ1) is 11.6. The maximum Gasteiger partial charge on any atom is 0.227 e. The van der Waals surface area contributed by atoms with E-state index in [4.69, 9.17) is 0 Å². The molecule has 0 saturated carbocycles. The van der Waals surface area contributed by atoms with E-state index in [1.807, 2.05) is 25.1 Å². The highest BCUT2D eigenvalue weighted by molar-refractivity contribution is 9.10. The average Bonchev–Trinajstić information content (AvgIpc) is 2.26. The fourth-order valence-electron chi connectivity index (χ4n) is 1.83. The molecule has 16 heavy (non-hydrogen) atoms. The van der Waals surface area contributed by atoms with Crippen molar-refractivity contribution >= 4 is 27.5 Å². The zero-order chi connectivity index (χ0) is 11.7. The molecule has 1 amide bonds. The Labute approximate surface area is 103 Å². The maximum atomic E-state index is 11.7. The number of carbonyl (C=O) groups excluding carboxylic acids is 1. The molecule has 0 radical (unpaired) electrons. The quantitative estimate of drug-likeness (QED) is 0.859. The average molecular weight is 284 g/mol. The van der Waals surface area contributed by atoms with E-state index in [0.717, 1.165) is 15.7 Å². The Kier molecular flexibility index (Phi) is 3.30. The minimum absolute atomic E-state index is 0.0843. The first-order valence-electron chi connectivity index (χ1n) is 5.32. The zero-order valence-electron chi connectivity index (χ0n) is 9.11. The fourth-order valence-corrected chi connectivity index (χ4v) is 2.19. The highest BCUT2D eigenvalue weighted by Gasteiger charge is 2.25. The molecule has 0 aliphatic carbocycles. The van der Waals surface area contributed by atoms with Crippen LogP contribution >= 0.6 is 15.9 Å². The van der Waals surface area contributed by atoms with Gasteiger partial charge < -0.3 is 10.0 Å². The van der Waals surface area contributed by atoms with Crippen molar-refractivity contribution < 1.29 is 9.90 Å². The van der Waals surface area contributed by atoms with E-state index >= 15 is 0 Å². The van der Waals surface area contributed by atoms with E-state index in [2.05, 4.69) is 15.9 Å². The third-order valence-corrected chi connectivity index (χ3v) is 3.71. The summed E-state index contributed by atoms with van der Waals surface area (Å²) in [5.74, 6) is 0.0843. The van der Waals surface area contributed by atoms with Gasteiger partial charge in [-0.2, -0.15) is 0 Å². The minimum Gasteiger partial charge on any atom is -0.391 e. The van der Waals surface area contributed by atoms with Crippen molar-refractivity contribution in [2.75, 3.05) is 11.4 Å². The molecule has 1 fully saturated rings. The number of carbonyl (C=O) groups is 1. The summed E-state index contributed by atoms with van der Waals surface area (Å²) in [7, 11) is 0. The summed E-state index contributed by atoms with van der Waals surface area (Å²) >= 11 is 3.45. The lowest BCUT2D eigenvalue weighted by atomic mass is 10.1. The topological polar surface area (TPSA) is 40.5 Å². The van der Waals surface area contributed by atoms with Crippen LogP contribution in [-0.4, -0.2) is 23.7 Å². The minimum atomic E-state index is -0.405. The van der Waals surface area contributed by atoms with Crippen LogP contribution in [-0.2, 0) is 4.79 Å².